The molecule has 1 aliphatic carbocycles. The molecule has 0 bridgehead atoms. The summed E-state index contributed by atoms with van der Waals surface area (Å²) in [5.74, 6) is 0.327. The second-order valence-corrected chi connectivity index (χ2v) is 10.8. The Bertz CT molecular complexity index is 1310. The van der Waals surface area contributed by atoms with Crippen LogP contribution in [0, 0.1) is 6.92 Å². The van der Waals surface area contributed by atoms with Crippen LogP contribution < -0.4 is 10.4 Å². The van der Waals surface area contributed by atoms with Crippen molar-refractivity contribution in [3.05, 3.63) is 34.6 Å². The summed E-state index contributed by atoms with van der Waals surface area (Å²) in [5, 5.41) is 7.85. The molecule has 5 rings (SSSR count). The molecule has 1 N–H and O–H groups in total. The molecule has 0 amide bonds. The monoisotopic (exact) mass is 460 g/mol. The number of nitrogens with zero attached hydrogens (tertiary/aromatic N) is 5. The molecular formula is C21H28N6O4S. The van der Waals surface area contributed by atoms with Crippen LogP contribution in [0.2, 0.25) is 0 Å². The molecule has 11 heteroatoms. The van der Waals surface area contributed by atoms with Gasteiger partial charge in [0.1, 0.15) is 0 Å². The van der Waals surface area contributed by atoms with Crippen molar-refractivity contribution in [2.75, 3.05) is 19.6 Å². The van der Waals surface area contributed by atoms with E-state index < -0.39 is 15.6 Å². The Morgan fingerprint density at radius 2 is 1.84 bits per heavy atom. The first-order chi connectivity index (χ1) is 15.3. The fraction of sp³-hybridized carbons (Fsp3) is 0.571. The number of piperidine rings is 1. The fourth-order valence-corrected chi connectivity index (χ4v) is 5.76. The molecule has 172 valence electrons. The highest BCUT2D eigenvalue weighted by molar-refractivity contribution is 7.89. The Kier molecular flexibility index (Phi) is 5.22. The van der Waals surface area contributed by atoms with Crippen LogP contribution in [0.3, 0.4) is 0 Å². The molecule has 2 aliphatic rings. The molecule has 1 aromatic carbocycles. The van der Waals surface area contributed by atoms with E-state index >= 15 is 0 Å². The van der Waals surface area contributed by atoms with Crippen LogP contribution in [-0.4, -0.2) is 57.8 Å². The van der Waals surface area contributed by atoms with Crippen molar-refractivity contribution in [1.29, 1.82) is 0 Å². The van der Waals surface area contributed by atoms with E-state index in [1.165, 1.54) is 29.9 Å². The van der Waals surface area contributed by atoms with Gasteiger partial charge in [0.15, 0.2) is 0 Å². The van der Waals surface area contributed by atoms with E-state index in [1.807, 2.05) is 6.92 Å². The molecule has 3 aromatic rings. The zero-order valence-electron chi connectivity index (χ0n) is 18.4. The van der Waals surface area contributed by atoms with E-state index in [0.717, 1.165) is 32.5 Å². The molecule has 1 aliphatic heterocycles. The Morgan fingerprint density at radius 3 is 2.50 bits per heavy atom. The topological polar surface area (TPSA) is 115 Å². The molecule has 3 heterocycles. The van der Waals surface area contributed by atoms with E-state index in [1.54, 1.807) is 23.6 Å². The maximum absolute atomic E-state index is 13.4. The van der Waals surface area contributed by atoms with Crippen LogP contribution in [0.4, 0.5) is 0 Å². The maximum atomic E-state index is 13.4. The molecule has 1 saturated heterocycles. The Morgan fingerprint density at radius 1 is 1.09 bits per heavy atom. The molecule has 2 fully saturated rings. The summed E-state index contributed by atoms with van der Waals surface area (Å²) in [7, 11) is -3.72. The van der Waals surface area contributed by atoms with Crippen LogP contribution in [0.1, 0.15) is 44.9 Å². The van der Waals surface area contributed by atoms with Crippen molar-refractivity contribution < 1.29 is 12.8 Å². The summed E-state index contributed by atoms with van der Waals surface area (Å²) in [6.07, 6.45) is 5.22. The number of hydrogen-bond donors (Lipinski definition) is 1. The predicted molar refractivity (Wildman–Crippen MR) is 118 cm³/mol. The standard InChI is InChI=1S/C21H28N6O4S/c1-15-22-23-19(31-15)27-18-14-16(32(29,30)24-21(2)8-9-21)6-7-17(18)26(20(27)28)13-12-25-10-4-3-5-11-25/h6-7,14,24H,3-5,8-13H2,1-2H3. The molecule has 0 unspecified atom stereocenters. The third-order valence-electron chi connectivity index (χ3n) is 6.39. The lowest BCUT2D eigenvalue weighted by Crippen LogP contribution is -2.35. The van der Waals surface area contributed by atoms with Crippen LogP contribution >= 0.6 is 0 Å². The minimum absolute atomic E-state index is 0.0332. The van der Waals surface area contributed by atoms with Gasteiger partial charge in [-0.1, -0.05) is 11.5 Å². The molecule has 10 nitrogen and oxygen atoms in total. The summed E-state index contributed by atoms with van der Waals surface area (Å²) >= 11 is 0. The van der Waals surface area contributed by atoms with Crippen molar-refractivity contribution in [3.8, 4) is 6.01 Å². The van der Waals surface area contributed by atoms with E-state index in [0.29, 0.717) is 23.5 Å². The normalized spacial score (nSPS) is 18.9. The Balaban J connectivity index is 1.58. The third kappa shape index (κ3) is 4.00. The minimum Gasteiger partial charge on any atom is -0.408 e. The van der Waals surface area contributed by atoms with Gasteiger partial charge >= 0.3 is 11.7 Å². The first-order valence-corrected chi connectivity index (χ1v) is 12.6. The lowest BCUT2D eigenvalue weighted by atomic mass is 10.1. The van der Waals surface area contributed by atoms with Gasteiger partial charge in [0.25, 0.3) is 0 Å². The number of hydrogen-bond acceptors (Lipinski definition) is 7. The number of fused-ring (bicyclic) bond motifs is 1. The molecule has 0 radical (unpaired) electrons. The number of rotatable bonds is 7. The predicted octanol–water partition coefficient (Wildman–Crippen LogP) is 1.80. The Labute approximate surface area is 186 Å². The van der Waals surface area contributed by atoms with Crippen molar-refractivity contribution in [2.24, 2.45) is 0 Å². The second kappa shape index (κ2) is 7.82. The molecule has 0 spiro atoms. The highest BCUT2D eigenvalue weighted by Crippen LogP contribution is 2.36. The van der Waals surface area contributed by atoms with Gasteiger partial charge in [-0.25, -0.2) is 22.5 Å². The van der Waals surface area contributed by atoms with Gasteiger partial charge in [-0.2, -0.15) is 0 Å². The molecular weight excluding hydrogens is 432 g/mol. The quantitative estimate of drug-likeness (QED) is 0.572. The summed E-state index contributed by atoms with van der Waals surface area (Å²) in [4.78, 5) is 15.8. The number of benzene rings is 1. The lowest BCUT2D eigenvalue weighted by molar-refractivity contribution is 0.221. The Hall–Kier alpha value is -2.50. The first kappa shape index (κ1) is 21.4. The number of aromatic nitrogens is 4. The van der Waals surface area contributed by atoms with E-state index in [9.17, 15) is 13.2 Å². The highest BCUT2D eigenvalue weighted by atomic mass is 32.2. The SMILES string of the molecule is Cc1nnc(-n2c(=O)n(CCN3CCCCC3)c3ccc(S(=O)(=O)NC4(C)CC4)cc32)o1. The number of aryl methyl sites for hydroxylation is 1. The van der Waals surface area contributed by atoms with Gasteiger partial charge in [-0.05, 0) is 63.9 Å². The first-order valence-electron chi connectivity index (χ1n) is 11.1. The fourth-order valence-electron chi connectivity index (χ4n) is 4.28. The van der Waals surface area contributed by atoms with Crippen molar-refractivity contribution in [1.82, 2.24) is 29.0 Å². The average Bonchev–Trinajstić information content (AvgIpc) is 3.20. The van der Waals surface area contributed by atoms with Crippen molar-refractivity contribution >= 4 is 21.1 Å². The van der Waals surface area contributed by atoms with Gasteiger partial charge in [0.05, 0.1) is 15.9 Å². The molecule has 32 heavy (non-hydrogen) atoms. The number of imidazole rings is 1. The minimum atomic E-state index is -3.72. The third-order valence-corrected chi connectivity index (χ3v) is 8.02. The van der Waals surface area contributed by atoms with E-state index in [-0.39, 0.29) is 16.6 Å². The summed E-state index contributed by atoms with van der Waals surface area (Å²) in [5.41, 5.74) is 0.357. The number of nitrogens with one attached hydrogen (secondary N) is 1. The number of sulfonamides is 1. The zero-order chi connectivity index (χ0) is 22.5. The van der Waals surface area contributed by atoms with Crippen LogP contribution in [0.5, 0.6) is 0 Å². The van der Waals surface area contributed by atoms with E-state index in [4.69, 9.17) is 4.42 Å². The number of likely N-dealkylation sites (tertiary alicyclic amines) is 1. The maximum Gasteiger partial charge on any atom is 0.337 e. The van der Waals surface area contributed by atoms with Crippen molar-refractivity contribution in [3.63, 3.8) is 0 Å². The lowest BCUT2D eigenvalue weighted by Gasteiger charge is -2.26. The summed E-state index contributed by atoms with van der Waals surface area (Å²) < 4.78 is 37.2. The average molecular weight is 461 g/mol. The smallest absolute Gasteiger partial charge is 0.337 e. The van der Waals surface area contributed by atoms with E-state index in [2.05, 4.69) is 19.8 Å². The highest BCUT2D eigenvalue weighted by Gasteiger charge is 2.41. The summed E-state index contributed by atoms with van der Waals surface area (Å²) in [6, 6.07) is 4.79. The van der Waals surface area contributed by atoms with Gasteiger partial charge in [-0.3, -0.25) is 4.57 Å². The largest absolute Gasteiger partial charge is 0.408 e. The van der Waals surface area contributed by atoms with Gasteiger partial charge in [0, 0.05) is 25.6 Å². The van der Waals surface area contributed by atoms with Crippen molar-refractivity contribution in [2.45, 2.75) is 62.9 Å². The molecule has 2 aromatic heterocycles. The molecule has 0 atom stereocenters. The van der Waals surface area contributed by atoms with Gasteiger partial charge in [0.2, 0.25) is 15.9 Å². The van der Waals surface area contributed by atoms with Crippen LogP contribution in [0.15, 0.2) is 32.3 Å². The van der Waals surface area contributed by atoms with Gasteiger partial charge < -0.3 is 9.32 Å². The summed E-state index contributed by atoms with van der Waals surface area (Å²) in [6.45, 7) is 6.84. The molecule has 1 saturated carbocycles. The second-order valence-electron chi connectivity index (χ2n) is 9.09. The van der Waals surface area contributed by atoms with Gasteiger partial charge in [-0.15, -0.1) is 5.10 Å². The van der Waals surface area contributed by atoms with Crippen LogP contribution in [0.25, 0.3) is 17.0 Å². The zero-order valence-corrected chi connectivity index (χ0v) is 19.2. The van der Waals surface area contributed by atoms with Crippen LogP contribution in [-0.2, 0) is 16.6 Å².